The van der Waals surface area contributed by atoms with Crippen molar-refractivity contribution in [2.24, 2.45) is 5.92 Å². The number of carboxylic acid groups (broad SMARTS) is 1. The number of carboxylic acids is 1. The van der Waals surface area contributed by atoms with Gasteiger partial charge < -0.3 is 9.52 Å². The first-order valence-corrected chi connectivity index (χ1v) is 6.45. The molecule has 4 heteroatoms. The Morgan fingerprint density at radius 2 is 2.22 bits per heavy atom. The summed E-state index contributed by atoms with van der Waals surface area (Å²) in [5.41, 5.74) is 0.658. The molecule has 1 aliphatic carbocycles. The van der Waals surface area contributed by atoms with Gasteiger partial charge in [-0.05, 0) is 25.0 Å². The van der Waals surface area contributed by atoms with Crippen molar-refractivity contribution in [1.82, 2.24) is 0 Å². The zero-order chi connectivity index (χ0) is 12.7. The van der Waals surface area contributed by atoms with E-state index in [1.165, 1.54) is 0 Å². The van der Waals surface area contributed by atoms with Gasteiger partial charge in [0, 0.05) is 11.3 Å². The standard InChI is InChI=1S/C14H13ClO3/c15-11-6-1-3-8-7-12(18-13(8)11)9-4-2-5-10(9)14(16)17/h1,3,6-7,9-10H,2,4-5H2,(H,16,17). The highest BCUT2D eigenvalue weighted by molar-refractivity contribution is 6.34. The summed E-state index contributed by atoms with van der Waals surface area (Å²) >= 11 is 6.07. The van der Waals surface area contributed by atoms with E-state index in [1.807, 2.05) is 18.2 Å². The van der Waals surface area contributed by atoms with E-state index in [4.69, 9.17) is 16.0 Å². The van der Waals surface area contributed by atoms with Crippen molar-refractivity contribution in [2.45, 2.75) is 25.2 Å². The minimum Gasteiger partial charge on any atom is -0.481 e. The molecule has 1 aliphatic rings. The molecule has 0 bridgehead atoms. The molecule has 3 nitrogen and oxygen atoms in total. The Kier molecular flexibility index (Phi) is 2.78. The monoisotopic (exact) mass is 264 g/mol. The molecule has 1 aromatic heterocycles. The number of aliphatic carboxylic acids is 1. The van der Waals surface area contributed by atoms with Crippen LogP contribution in [0.3, 0.4) is 0 Å². The summed E-state index contributed by atoms with van der Waals surface area (Å²) in [5.74, 6) is -0.331. The number of benzene rings is 1. The zero-order valence-electron chi connectivity index (χ0n) is 9.73. The third kappa shape index (κ3) is 1.79. The van der Waals surface area contributed by atoms with Crippen molar-refractivity contribution in [3.63, 3.8) is 0 Å². The number of rotatable bonds is 2. The van der Waals surface area contributed by atoms with Crippen LogP contribution in [0, 0.1) is 5.92 Å². The van der Waals surface area contributed by atoms with Crippen LogP contribution in [0.15, 0.2) is 28.7 Å². The van der Waals surface area contributed by atoms with Crippen molar-refractivity contribution in [1.29, 1.82) is 0 Å². The molecule has 0 saturated heterocycles. The molecule has 0 amide bonds. The first-order chi connectivity index (χ1) is 8.66. The van der Waals surface area contributed by atoms with Crippen LogP contribution in [0.1, 0.15) is 30.9 Å². The van der Waals surface area contributed by atoms with Gasteiger partial charge in [-0.2, -0.15) is 0 Å². The minimum absolute atomic E-state index is 0.0223. The van der Waals surface area contributed by atoms with Gasteiger partial charge in [0.05, 0.1) is 10.9 Å². The highest BCUT2D eigenvalue weighted by atomic mass is 35.5. The Morgan fingerprint density at radius 1 is 1.39 bits per heavy atom. The third-order valence-electron chi connectivity index (χ3n) is 3.71. The fourth-order valence-electron chi connectivity index (χ4n) is 2.83. The quantitative estimate of drug-likeness (QED) is 0.890. The van der Waals surface area contributed by atoms with E-state index < -0.39 is 5.97 Å². The van der Waals surface area contributed by atoms with Crippen LogP contribution in [0.4, 0.5) is 0 Å². The number of halogens is 1. The maximum atomic E-state index is 11.2. The molecule has 1 fully saturated rings. The predicted molar refractivity (Wildman–Crippen MR) is 68.9 cm³/mol. The molecule has 2 atom stereocenters. The van der Waals surface area contributed by atoms with E-state index in [2.05, 4.69) is 0 Å². The van der Waals surface area contributed by atoms with Crippen molar-refractivity contribution in [3.8, 4) is 0 Å². The normalized spacial score (nSPS) is 23.6. The number of hydrogen-bond acceptors (Lipinski definition) is 2. The highest BCUT2D eigenvalue weighted by Crippen LogP contribution is 2.42. The summed E-state index contributed by atoms with van der Waals surface area (Å²) < 4.78 is 5.77. The molecule has 0 radical (unpaired) electrons. The highest BCUT2D eigenvalue weighted by Gasteiger charge is 2.36. The van der Waals surface area contributed by atoms with Gasteiger partial charge in [0.15, 0.2) is 5.58 Å². The largest absolute Gasteiger partial charge is 0.481 e. The molecule has 0 aliphatic heterocycles. The molecule has 3 rings (SSSR count). The first kappa shape index (κ1) is 11.6. The van der Waals surface area contributed by atoms with E-state index in [1.54, 1.807) is 6.07 Å². The van der Waals surface area contributed by atoms with Crippen molar-refractivity contribution >= 4 is 28.5 Å². The maximum absolute atomic E-state index is 11.2. The van der Waals surface area contributed by atoms with E-state index >= 15 is 0 Å². The lowest BCUT2D eigenvalue weighted by atomic mass is 9.94. The number of hydrogen-bond donors (Lipinski definition) is 1. The summed E-state index contributed by atoms with van der Waals surface area (Å²) in [6.45, 7) is 0. The molecule has 2 aromatic rings. The fourth-order valence-corrected chi connectivity index (χ4v) is 3.05. The fraction of sp³-hybridized carbons (Fsp3) is 0.357. The summed E-state index contributed by atoms with van der Waals surface area (Å²) in [5, 5.41) is 10.7. The van der Waals surface area contributed by atoms with E-state index in [9.17, 15) is 9.90 Å². The zero-order valence-corrected chi connectivity index (χ0v) is 10.5. The summed E-state index contributed by atoms with van der Waals surface area (Å²) in [6.07, 6.45) is 2.53. The minimum atomic E-state index is -0.732. The van der Waals surface area contributed by atoms with Crippen LogP contribution in [0.25, 0.3) is 11.0 Å². The molecule has 1 N–H and O–H groups in total. The molecular formula is C14H13ClO3. The Hall–Kier alpha value is -1.48. The molecule has 1 saturated carbocycles. The second-order valence-electron chi connectivity index (χ2n) is 4.79. The van der Waals surface area contributed by atoms with Gasteiger partial charge in [-0.25, -0.2) is 0 Å². The van der Waals surface area contributed by atoms with Gasteiger partial charge in [-0.15, -0.1) is 0 Å². The summed E-state index contributed by atoms with van der Waals surface area (Å²) in [4.78, 5) is 11.2. The van der Waals surface area contributed by atoms with Gasteiger partial charge >= 0.3 is 5.97 Å². The molecule has 1 heterocycles. The van der Waals surface area contributed by atoms with Crippen LogP contribution in [0.5, 0.6) is 0 Å². The average molecular weight is 265 g/mol. The Bertz CT molecular complexity index is 602. The van der Waals surface area contributed by atoms with Crippen molar-refractivity contribution in [2.75, 3.05) is 0 Å². The van der Waals surface area contributed by atoms with Crippen LogP contribution >= 0.6 is 11.6 Å². The average Bonchev–Trinajstić information content (AvgIpc) is 2.95. The van der Waals surface area contributed by atoms with E-state index in [-0.39, 0.29) is 11.8 Å². The predicted octanol–water partition coefficient (Wildman–Crippen LogP) is 4.05. The lowest BCUT2D eigenvalue weighted by Gasteiger charge is -2.12. The van der Waals surface area contributed by atoms with Crippen LogP contribution in [-0.4, -0.2) is 11.1 Å². The van der Waals surface area contributed by atoms with Gasteiger partial charge in [0.1, 0.15) is 5.76 Å². The topological polar surface area (TPSA) is 50.4 Å². The molecule has 94 valence electrons. The SMILES string of the molecule is O=C(O)C1CCCC1c1cc2cccc(Cl)c2o1. The Morgan fingerprint density at radius 3 is 2.94 bits per heavy atom. The number of carbonyl (C=O) groups is 1. The van der Waals surface area contributed by atoms with Gasteiger partial charge in [0.2, 0.25) is 0 Å². The van der Waals surface area contributed by atoms with E-state index in [0.717, 1.165) is 30.4 Å². The molecule has 0 spiro atoms. The Labute approximate surface area is 109 Å². The lowest BCUT2D eigenvalue weighted by molar-refractivity contribution is -0.142. The number of fused-ring (bicyclic) bond motifs is 1. The number of para-hydroxylation sites is 1. The van der Waals surface area contributed by atoms with Crippen LogP contribution in [0.2, 0.25) is 5.02 Å². The second kappa shape index (κ2) is 4.32. The third-order valence-corrected chi connectivity index (χ3v) is 4.01. The summed E-state index contributed by atoms with van der Waals surface area (Å²) in [7, 11) is 0. The number of furan rings is 1. The van der Waals surface area contributed by atoms with Gasteiger partial charge in [-0.3, -0.25) is 4.79 Å². The molecular weight excluding hydrogens is 252 g/mol. The molecule has 2 unspecified atom stereocenters. The molecule has 18 heavy (non-hydrogen) atoms. The van der Waals surface area contributed by atoms with Crippen molar-refractivity contribution < 1.29 is 14.3 Å². The Balaban J connectivity index is 2.04. The smallest absolute Gasteiger partial charge is 0.307 e. The van der Waals surface area contributed by atoms with Crippen LogP contribution < -0.4 is 0 Å². The van der Waals surface area contributed by atoms with E-state index in [0.29, 0.717) is 10.6 Å². The summed E-state index contributed by atoms with van der Waals surface area (Å²) in [6, 6.07) is 7.50. The first-order valence-electron chi connectivity index (χ1n) is 6.07. The molecule has 1 aromatic carbocycles. The van der Waals surface area contributed by atoms with Gasteiger partial charge in [-0.1, -0.05) is 30.2 Å². The van der Waals surface area contributed by atoms with Crippen molar-refractivity contribution in [3.05, 3.63) is 35.0 Å². The second-order valence-corrected chi connectivity index (χ2v) is 5.20. The maximum Gasteiger partial charge on any atom is 0.307 e. The lowest BCUT2D eigenvalue weighted by Crippen LogP contribution is -2.16. The van der Waals surface area contributed by atoms with Gasteiger partial charge in [0.25, 0.3) is 0 Å². The van der Waals surface area contributed by atoms with Crippen LogP contribution in [-0.2, 0) is 4.79 Å².